The fraction of sp³-hybridized carbons (Fsp3) is 0.0769. The summed E-state index contributed by atoms with van der Waals surface area (Å²) in [5.41, 5.74) is 4.86. The third-order valence-electron chi connectivity index (χ3n) is 5.55. The van der Waals surface area contributed by atoms with Crippen LogP contribution >= 0.6 is 11.3 Å². The molecular weight excluding hydrogens is 434 g/mol. The Balaban J connectivity index is 1.40. The minimum absolute atomic E-state index is 0.220. The number of anilines is 2. The Kier molecular flexibility index (Phi) is 5.11. The number of imide groups is 1. The fourth-order valence-corrected chi connectivity index (χ4v) is 4.52. The lowest BCUT2D eigenvalue weighted by atomic mass is 10.1. The van der Waals surface area contributed by atoms with Gasteiger partial charge in [-0.2, -0.15) is 0 Å². The van der Waals surface area contributed by atoms with E-state index in [-0.39, 0.29) is 22.6 Å². The molecule has 1 aliphatic heterocycles. The molecular formula is C26H19N3O3S. The first-order valence-corrected chi connectivity index (χ1v) is 11.2. The molecule has 3 amide bonds. The lowest BCUT2D eigenvalue weighted by Gasteiger charge is -2.17. The van der Waals surface area contributed by atoms with Crippen molar-refractivity contribution in [2.24, 2.45) is 0 Å². The zero-order valence-corrected chi connectivity index (χ0v) is 18.8. The molecule has 0 unspecified atom stereocenters. The van der Waals surface area contributed by atoms with Gasteiger partial charge in [0.2, 0.25) is 0 Å². The van der Waals surface area contributed by atoms with Crippen LogP contribution < -0.4 is 10.2 Å². The van der Waals surface area contributed by atoms with Crippen LogP contribution in [0, 0.1) is 13.8 Å². The number of hydrogen-bond donors (Lipinski definition) is 1. The highest BCUT2D eigenvalue weighted by Gasteiger charge is 2.37. The highest BCUT2D eigenvalue weighted by atomic mass is 32.1. The zero-order valence-electron chi connectivity index (χ0n) is 18.0. The average molecular weight is 454 g/mol. The van der Waals surface area contributed by atoms with Gasteiger partial charge in [0.15, 0.2) is 5.13 Å². The number of fused-ring (bicyclic) bond motifs is 1. The molecule has 1 N–H and O–H groups in total. The zero-order chi connectivity index (χ0) is 23.1. The maximum Gasteiger partial charge on any atom is 0.266 e. The van der Waals surface area contributed by atoms with Crippen LogP contribution in [-0.4, -0.2) is 22.7 Å². The van der Waals surface area contributed by atoms with E-state index in [0.717, 1.165) is 22.4 Å². The van der Waals surface area contributed by atoms with Gasteiger partial charge >= 0.3 is 0 Å². The lowest BCUT2D eigenvalue weighted by molar-refractivity contribution is 0.0925. The molecule has 3 aromatic carbocycles. The van der Waals surface area contributed by atoms with Crippen molar-refractivity contribution in [2.45, 2.75) is 13.8 Å². The highest BCUT2D eigenvalue weighted by molar-refractivity contribution is 7.14. The van der Waals surface area contributed by atoms with E-state index in [9.17, 15) is 14.4 Å². The second kappa shape index (κ2) is 8.11. The van der Waals surface area contributed by atoms with Crippen LogP contribution in [0.4, 0.5) is 10.8 Å². The summed E-state index contributed by atoms with van der Waals surface area (Å²) in [6.07, 6.45) is 0. The predicted molar refractivity (Wildman–Crippen MR) is 129 cm³/mol. The van der Waals surface area contributed by atoms with Gasteiger partial charge in [-0.15, -0.1) is 11.3 Å². The quantitative estimate of drug-likeness (QED) is 0.415. The monoisotopic (exact) mass is 453 g/mol. The van der Waals surface area contributed by atoms with Crippen LogP contribution in [0.25, 0.3) is 11.3 Å². The first kappa shape index (κ1) is 20.8. The van der Waals surface area contributed by atoms with Gasteiger partial charge in [-0.25, -0.2) is 9.88 Å². The van der Waals surface area contributed by atoms with Crippen molar-refractivity contribution in [1.29, 1.82) is 0 Å². The van der Waals surface area contributed by atoms with Gasteiger partial charge in [0, 0.05) is 16.5 Å². The third-order valence-corrected chi connectivity index (χ3v) is 6.31. The molecule has 0 fully saturated rings. The predicted octanol–water partition coefficient (Wildman–Crippen LogP) is 5.48. The van der Waals surface area contributed by atoms with Gasteiger partial charge in [-0.3, -0.25) is 19.7 Å². The highest BCUT2D eigenvalue weighted by Crippen LogP contribution is 2.32. The van der Waals surface area contributed by atoms with Crippen molar-refractivity contribution in [1.82, 2.24) is 4.98 Å². The van der Waals surface area contributed by atoms with Crippen molar-refractivity contribution < 1.29 is 14.4 Å². The van der Waals surface area contributed by atoms with Crippen molar-refractivity contribution >= 4 is 39.9 Å². The van der Waals surface area contributed by atoms with E-state index in [2.05, 4.69) is 10.3 Å². The molecule has 6 nitrogen and oxygen atoms in total. The largest absolute Gasteiger partial charge is 0.298 e. The number of carbonyl (C=O) groups is 3. The molecule has 0 bridgehead atoms. The van der Waals surface area contributed by atoms with Gasteiger partial charge in [-0.05, 0) is 49.2 Å². The Hall–Kier alpha value is -4.10. The second-order valence-corrected chi connectivity index (χ2v) is 8.71. The molecule has 162 valence electrons. The molecule has 2 heterocycles. The number of thiazole rings is 1. The van der Waals surface area contributed by atoms with E-state index < -0.39 is 11.8 Å². The van der Waals surface area contributed by atoms with Crippen molar-refractivity contribution in [3.05, 3.63) is 99.9 Å². The fourth-order valence-electron chi connectivity index (χ4n) is 3.80. The second-order valence-electron chi connectivity index (χ2n) is 7.85. The maximum absolute atomic E-state index is 13.1. The summed E-state index contributed by atoms with van der Waals surface area (Å²) >= 11 is 1.32. The Labute approximate surface area is 194 Å². The molecule has 0 saturated heterocycles. The summed E-state index contributed by atoms with van der Waals surface area (Å²) in [6, 6.07) is 19.9. The molecule has 0 radical (unpaired) electrons. The molecule has 0 aliphatic carbocycles. The third kappa shape index (κ3) is 3.72. The molecule has 4 aromatic rings. The van der Waals surface area contributed by atoms with Crippen molar-refractivity contribution in [3.8, 4) is 11.3 Å². The number of nitrogens with one attached hydrogen (secondary N) is 1. The summed E-state index contributed by atoms with van der Waals surface area (Å²) in [5, 5.41) is 5.11. The Morgan fingerprint density at radius 1 is 0.909 bits per heavy atom. The van der Waals surface area contributed by atoms with Gasteiger partial charge < -0.3 is 0 Å². The molecule has 0 atom stereocenters. The molecule has 7 heteroatoms. The number of carbonyl (C=O) groups excluding carboxylic acids is 3. The van der Waals surface area contributed by atoms with Crippen LogP contribution in [0.5, 0.6) is 0 Å². The molecule has 33 heavy (non-hydrogen) atoms. The topological polar surface area (TPSA) is 79.4 Å². The van der Waals surface area contributed by atoms with E-state index in [1.54, 1.807) is 6.07 Å². The smallest absolute Gasteiger partial charge is 0.266 e. The van der Waals surface area contributed by atoms with Crippen LogP contribution in [0.2, 0.25) is 0 Å². The molecule has 0 saturated carbocycles. The minimum atomic E-state index is -0.432. The minimum Gasteiger partial charge on any atom is -0.298 e. The maximum atomic E-state index is 13.1. The van der Waals surface area contributed by atoms with Crippen LogP contribution in [0.15, 0.2) is 72.1 Å². The number of amides is 3. The van der Waals surface area contributed by atoms with Crippen molar-refractivity contribution in [3.63, 3.8) is 0 Å². The van der Waals surface area contributed by atoms with E-state index in [1.165, 1.54) is 28.4 Å². The molecule has 1 aromatic heterocycles. The Bertz CT molecular complexity index is 1430. The van der Waals surface area contributed by atoms with Crippen LogP contribution in [0.3, 0.4) is 0 Å². The number of aromatic nitrogens is 1. The van der Waals surface area contributed by atoms with Gasteiger partial charge in [0.25, 0.3) is 17.7 Å². The summed E-state index contributed by atoms with van der Waals surface area (Å²) in [4.78, 5) is 44.6. The first-order chi connectivity index (χ1) is 15.9. The summed E-state index contributed by atoms with van der Waals surface area (Å²) < 4.78 is 0. The number of aryl methyl sites for hydroxylation is 2. The molecule has 0 spiro atoms. The Morgan fingerprint density at radius 2 is 1.67 bits per heavy atom. The van der Waals surface area contributed by atoms with E-state index in [0.29, 0.717) is 10.8 Å². The van der Waals surface area contributed by atoms with Crippen LogP contribution in [-0.2, 0) is 0 Å². The van der Waals surface area contributed by atoms with Gasteiger partial charge in [0.05, 0.1) is 22.5 Å². The standard InChI is InChI=1S/C26H19N3O3S/c1-15-8-9-16(2)22(12-15)29-24(31)19-11-10-18(13-20(19)25(29)32)23(30)28-26-27-21(14-33-26)17-6-4-3-5-7-17/h3-14H,1-2H3,(H,27,28,30). The Morgan fingerprint density at radius 3 is 2.45 bits per heavy atom. The number of nitrogens with zero attached hydrogens (tertiary/aromatic N) is 2. The number of benzene rings is 3. The normalized spacial score (nSPS) is 12.7. The summed E-state index contributed by atoms with van der Waals surface area (Å²) in [6.45, 7) is 3.76. The van der Waals surface area contributed by atoms with E-state index in [4.69, 9.17) is 0 Å². The lowest BCUT2D eigenvalue weighted by Crippen LogP contribution is -2.30. The number of hydrogen-bond acceptors (Lipinski definition) is 5. The number of rotatable bonds is 4. The van der Waals surface area contributed by atoms with Gasteiger partial charge in [0.1, 0.15) is 0 Å². The first-order valence-electron chi connectivity index (χ1n) is 10.3. The van der Waals surface area contributed by atoms with Crippen LogP contribution in [0.1, 0.15) is 42.2 Å². The van der Waals surface area contributed by atoms with Gasteiger partial charge in [-0.1, -0.05) is 42.5 Å². The summed E-state index contributed by atoms with van der Waals surface area (Å²) in [7, 11) is 0. The molecule has 5 rings (SSSR count). The van der Waals surface area contributed by atoms with Crippen molar-refractivity contribution in [2.75, 3.05) is 10.2 Å². The molecule has 1 aliphatic rings. The van der Waals surface area contributed by atoms with E-state index in [1.807, 2.05) is 67.8 Å². The SMILES string of the molecule is Cc1ccc(C)c(N2C(=O)c3ccc(C(=O)Nc4nc(-c5ccccc5)cs4)cc3C2=O)c1. The average Bonchev–Trinajstić information content (AvgIpc) is 3.38. The van der Waals surface area contributed by atoms with E-state index >= 15 is 0 Å². The summed E-state index contributed by atoms with van der Waals surface area (Å²) in [5.74, 6) is -1.21.